The van der Waals surface area contributed by atoms with Gasteiger partial charge in [0.25, 0.3) is 0 Å². The van der Waals surface area contributed by atoms with Crippen LogP contribution >= 0.6 is 0 Å². The van der Waals surface area contributed by atoms with Crippen LogP contribution in [0, 0.1) is 0 Å². The first-order valence-electron chi connectivity index (χ1n) is 7.96. The van der Waals surface area contributed by atoms with Gasteiger partial charge in [-0.1, -0.05) is 11.2 Å². The molecule has 2 aromatic carbocycles. The number of alkyl halides is 3. The quantitative estimate of drug-likeness (QED) is 0.672. The molecule has 6 nitrogen and oxygen atoms in total. The van der Waals surface area contributed by atoms with Crippen molar-refractivity contribution in [3.63, 3.8) is 0 Å². The van der Waals surface area contributed by atoms with Crippen LogP contribution in [0.15, 0.2) is 40.9 Å². The van der Waals surface area contributed by atoms with E-state index in [4.69, 9.17) is 18.7 Å². The van der Waals surface area contributed by atoms with Crippen molar-refractivity contribution in [1.29, 1.82) is 0 Å². The van der Waals surface area contributed by atoms with E-state index in [0.29, 0.717) is 11.5 Å². The molecular formula is C19H16F3NO5. The normalized spacial score (nSPS) is 11.4. The summed E-state index contributed by atoms with van der Waals surface area (Å²) in [5.74, 6) is 0.375. The fraction of sp³-hybridized carbons (Fsp3) is 0.211. The Morgan fingerprint density at radius 1 is 0.929 bits per heavy atom. The number of benzene rings is 2. The maximum atomic E-state index is 13.5. The Bertz CT molecular complexity index is 998. The lowest BCUT2D eigenvalue weighted by atomic mass is 9.98. The fourth-order valence-electron chi connectivity index (χ4n) is 2.76. The summed E-state index contributed by atoms with van der Waals surface area (Å²) in [6.45, 7) is 0. The summed E-state index contributed by atoms with van der Waals surface area (Å²) in [5.41, 5.74) is -1.37. The standard InChI is InChI=1S/C19H16F3NO5/c1-25-11-5-6-12(13(24)9-11)17-16(18(23-28-17)19(20,21)22)10-4-7-14(26-2)15(8-10)27-3/h4-9,24H,1-3H3. The van der Waals surface area contributed by atoms with Crippen molar-refractivity contribution in [2.75, 3.05) is 21.3 Å². The highest BCUT2D eigenvalue weighted by Gasteiger charge is 2.40. The smallest absolute Gasteiger partial charge is 0.437 e. The van der Waals surface area contributed by atoms with Gasteiger partial charge in [0, 0.05) is 6.07 Å². The van der Waals surface area contributed by atoms with E-state index in [2.05, 4.69) is 5.16 Å². The minimum absolute atomic E-state index is 0.0357. The second-order valence-electron chi connectivity index (χ2n) is 5.69. The van der Waals surface area contributed by atoms with Crippen LogP contribution in [0.1, 0.15) is 5.69 Å². The van der Waals surface area contributed by atoms with Gasteiger partial charge in [0.2, 0.25) is 0 Å². The molecule has 0 aliphatic heterocycles. The number of hydrogen-bond donors (Lipinski definition) is 1. The molecule has 148 valence electrons. The molecule has 0 bridgehead atoms. The summed E-state index contributed by atoms with van der Waals surface area (Å²) in [5, 5.41) is 13.5. The zero-order valence-corrected chi connectivity index (χ0v) is 15.1. The first-order valence-corrected chi connectivity index (χ1v) is 7.96. The van der Waals surface area contributed by atoms with E-state index >= 15 is 0 Å². The summed E-state index contributed by atoms with van der Waals surface area (Å²) in [7, 11) is 4.19. The number of aromatic hydroxyl groups is 1. The molecule has 1 N–H and O–H groups in total. The van der Waals surface area contributed by atoms with Gasteiger partial charge in [0.1, 0.15) is 11.5 Å². The van der Waals surface area contributed by atoms with Crippen LogP contribution in [0.3, 0.4) is 0 Å². The van der Waals surface area contributed by atoms with Crippen LogP contribution < -0.4 is 14.2 Å². The molecule has 1 aromatic heterocycles. The van der Waals surface area contributed by atoms with Gasteiger partial charge in [-0.05, 0) is 29.8 Å². The van der Waals surface area contributed by atoms with Crippen LogP contribution in [0.25, 0.3) is 22.5 Å². The van der Waals surface area contributed by atoms with Crippen molar-refractivity contribution >= 4 is 0 Å². The Morgan fingerprint density at radius 3 is 2.21 bits per heavy atom. The zero-order valence-electron chi connectivity index (χ0n) is 15.1. The van der Waals surface area contributed by atoms with E-state index in [1.165, 1.54) is 57.7 Å². The monoisotopic (exact) mass is 395 g/mol. The zero-order chi connectivity index (χ0) is 20.5. The molecule has 0 unspecified atom stereocenters. The molecule has 0 saturated carbocycles. The van der Waals surface area contributed by atoms with Gasteiger partial charge in [0.15, 0.2) is 23.0 Å². The molecular weight excluding hydrogens is 379 g/mol. The average Bonchev–Trinajstić information content (AvgIpc) is 3.12. The molecule has 3 aromatic rings. The van der Waals surface area contributed by atoms with Gasteiger partial charge in [-0.3, -0.25) is 0 Å². The highest BCUT2D eigenvalue weighted by molar-refractivity contribution is 5.85. The number of phenols is 1. The molecule has 9 heteroatoms. The van der Waals surface area contributed by atoms with Crippen molar-refractivity contribution in [2.45, 2.75) is 6.18 Å². The Balaban J connectivity index is 2.26. The third kappa shape index (κ3) is 3.42. The maximum absolute atomic E-state index is 13.5. The summed E-state index contributed by atoms with van der Waals surface area (Å²) < 4.78 is 61.0. The van der Waals surface area contributed by atoms with Gasteiger partial charge in [-0.2, -0.15) is 13.2 Å². The van der Waals surface area contributed by atoms with Crippen molar-refractivity contribution in [3.05, 3.63) is 42.1 Å². The Labute approximate surface area is 158 Å². The lowest BCUT2D eigenvalue weighted by molar-refractivity contribution is -0.142. The van der Waals surface area contributed by atoms with Gasteiger partial charge >= 0.3 is 6.18 Å². The Morgan fingerprint density at radius 2 is 1.64 bits per heavy atom. The molecule has 0 aliphatic carbocycles. The average molecular weight is 395 g/mol. The SMILES string of the molecule is COc1ccc(-c2onc(C(F)(F)F)c2-c2ccc(OC)c(OC)c2)c(O)c1. The third-order valence-electron chi connectivity index (χ3n) is 4.08. The lowest BCUT2D eigenvalue weighted by Gasteiger charge is -2.12. The topological polar surface area (TPSA) is 74.0 Å². The minimum Gasteiger partial charge on any atom is -0.507 e. The van der Waals surface area contributed by atoms with E-state index < -0.39 is 11.9 Å². The molecule has 0 saturated heterocycles. The molecule has 3 rings (SSSR count). The predicted octanol–water partition coefficient (Wildman–Crippen LogP) is 4.76. The molecule has 0 spiro atoms. The van der Waals surface area contributed by atoms with Gasteiger partial charge in [0.05, 0.1) is 32.5 Å². The fourth-order valence-corrected chi connectivity index (χ4v) is 2.76. The van der Waals surface area contributed by atoms with Crippen molar-refractivity contribution < 1.29 is 37.0 Å². The molecule has 0 aliphatic rings. The van der Waals surface area contributed by atoms with Crippen LogP contribution in [-0.2, 0) is 6.18 Å². The van der Waals surface area contributed by atoms with Gasteiger partial charge in [-0.15, -0.1) is 0 Å². The summed E-state index contributed by atoms with van der Waals surface area (Å²) >= 11 is 0. The van der Waals surface area contributed by atoms with Crippen molar-refractivity contribution in [2.24, 2.45) is 0 Å². The number of rotatable bonds is 5. The number of aromatic nitrogens is 1. The molecule has 0 radical (unpaired) electrons. The molecule has 28 heavy (non-hydrogen) atoms. The van der Waals surface area contributed by atoms with Gasteiger partial charge < -0.3 is 23.8 Å². The maximum Gasteiger partial charge on any atom is 0.437 e. The van der Waals surface area contributed by atoms with E-state index in [1.54, 1.807) is 0 Å². The van der Waals surface area contributed by atoms with E-state index in [1.807, 2.05) is 0 Å². The second-order valence-corrected chi connectivity index (χ2v) is 5.69. The first kappa shape index (κ1) is 19.4. The largest absolute Gasteiger partial charge is 0.507 e. The van der Waals surface area contributed by atoms with Gasteiger partial charge in [-0.25, -0.2) is 0 Å². The first-order chi connectivity index (χ1) is 13.3. The van der Waals surface area contributed by atoms with Crippen LogP contribution in [0.2, 0.25) is 0 Å². The number of hydrogen-bond acceptors (Lipinski definition) is 6. The molecule has 0 amide bonds. The predicted molar refractivity (Wildman–Crippen MR) is 93.7 cm³/mol. The lowest BCUT2D eigenvalue weighted by Crippen LogP contribution is -2.07. The van der Waals surface area contributed by atoms with Crippen LogP contribution in [-0.4, -0.2) is 31.6 Å². The number of methoxy groups -OCH3 is 3. The van der Waals surface area contributed by atoms with E-state index in [9.17, 15) is 18.3 Å². The number of halogens is 3. The van der Waals surface area contributed by atoms with Crippen molar-refractivity contribution in [3.8, 4) is 45.4 Å². The molecule has 1 heterocycles. The van der Waals surface area contributed by atoms with E-state index in [-0.39, 0.29) is 33.9 Å². The minimum atomic E-state index is -4.77. The molecule has 0 atom stereocenters. The summed E-state index contributed by atoms with van der Waals surface area (Å²) in [4.78, 5) is 0. The number of nitrogens with zero attached hydrogens (tertiary/aromatic N) is 1. The number of ether oxygens (including phenoxy) is 3. The summed E-state index contributed by atoms with van der Waals surface area (Å²) in [6.07, 6.45) is -4.77. The molecule has 0 fully saturated rings. The Hall–Kier alpha value is -3.36. The highest BCUT2D eigenvalue weighted by Crippen LogP contribution is 2.46. The Kier molecular flexibility index (Phi) is 5.08. The van der Waals surface area contributed by atoms with Crippen LogP contribution in [0.4, 0.5) is 13.2 Å². The third-order valence-corrected chi connectivity index (χ3v) is 4.08. The highest BCUT2D eigenvalue weighted by atomic mass is 19.4. The van der Waals surface area contributed by atoms with E-state index in [0.717, 1.165) is 0 Å². The summed E-state index contributed by atoms with van der Waals surface area (Å²) in [6, 6.07) is 8.42. The second kappa shape index (κ2) is 7.34. The van der Waals surface area contributed by atoms with Crippen LogP contribution in [0.5, 0.6) is 23.0 Å². The van der Waals surface area contributed by atoms with Crippen molar-refractivity contribution in [1.82, 2.24) is 5.16 Å². The number of phenolic OH excluding ortho intramolecular Hbond substituents is 1.